The maximum atomic E-state index is 13.7. The van der Waals surface area contributed by atoms with Crippen molar-refractivity contribution in [2.45, 2.75) is 30.3 Å². The van der Waals surface area contributed by atoms with Gasteiger partial charge in [-0.2, -0.15) is 0 Å². The van der Waals surface area contributed by atoms with Crippen LogP contribution in [-0.2, 0) is 16.1 Å². The van der Waals surface area contributed by atoms with Crippen molar-refractivity contribution in [3.05, 3.63) is 48.5 Å². The molecule has 0 aliphatic carbocycles. The summed E-state index contributed by atoms with van der Waals surface area (Å²) < 4.78 is 20.8. The monoisotopic (exact) mass is 403 g/mol. The molecule has 1 atom stereocenters. The molecule has 0 fully saturated rings. The highest BCUT2D eigenvalue weighted by Crippen LogP contribution is 2.28. The molecule has 0 bridgehead atoms. The highest BCUT2D eigenvalue weighted by Gasteiger charge is 2.22. The lowest BCUT2D eigenvalue weighted by Gasteiger charge is -2.13. The van der Waals surface area contributed by atoms with E-state index in [4.69, 9.17) is 10.2 Å². The quantitative estimate of drug-likeness (QED) is 0.559. The zero-order chi connectivity index (χ0) is 20.1. The number of hydrogen-bond acceptors (Lipinski definition) is 6. The van der Waals surface area contributed by atoms with Gasteiger partial charge in [-0.05, 0) is 31.2 Å². The SMILES string of the molecule is C[C@@H](Sc1nnc(-c2ccco2)n1CCC(N)=O)C(=O)Nc1ccccc1F. The van der Waals surface area contributed by atoms with E-state index in [9.17, 15) is 14.0 Å². The predicted octanol–water partition coefficient (Wildman–Crippen LogP) is 2.67. The number of rotatable bonds is 8. The third-order valence-electron chi connectivity index (χ3n) is 3.82. The number of carbonyl (C=O) groups excluding carboxylic acids is 2. The Labute approximate surface area is 164 Å². The van der Waals surface area contributed by atoms with Gasteiger partial charge >= 0.3 is 0 Å². The van der Waals surface area contributed by atoms with Crippen LogP contribution < -0.4 is 11.1 Å². The van der Waals surface area contributed by atoms with E-state index in [1.54, 1.807) is 35.8 Å². The minimum atomic E-state index is -0.597. The lowest BCUT2D eigenvalue weighted by atomic mass is 10.3. The molecular weight excluding hydrogens is 385 g/mol. The Morgan fingerprint density at radius 1 is 1.29 bits per heavy atom. The zero-order valence-corrected chi connectivity index (χ0v) is 15.8. The summed E-state index contributed by atoms with van der Waals surface area (Å²) in [5.74, 6) is -0.472. The van der Waals surface area contributed by atoms with Crippen molar-refractivity contribution in [2.24, 2.45) is 5.73 Å². The number of nitrogens with one attached hydrogen (secondary N) is 1. The first-order valence-corrected chi connectivity index (χ1v) is 9.31. The van der Waals surface area contributed by atoms with Crippen LogP contribution in [0.4, 0.5) is 10.1 Å². The van der Waals surface area contributed by atoms with E-state index in [2.05, 4.69) is 15.5 Å². The Hall–Kier alpha value is -3.14. The smallest absolute Gasteiger partial charge is 0.237 e. The van der Waals surface area contributed by atoms with Crippen LogP contribution in [0.25, 0.3) is 11.6 Å². The number of thioether (sulfide) groups is 1. The van der Waals surface area contributed by atoms with Crippen LogP contribution in [0, 0.1) is 5.82 Å². The second kappa shape index (κ2) is 8.70. The summed E-state index contributed by atoms with van der Waals surface area (Å²) in [5.41, 5.74) is 5.36. The molecule has 0 saturated heterocycles. The van der Waals surface area contributed by atoms with Gasteiger partial charge in [0, 0.05) is 13.0 Å². The topological polar surface area (TPSA) is 116 Å². The average Bonchev–Trinajstić information content (AvgIpc) is 3.31. The number of furan rings is 1. The number of benzene rings is 1. The fourth-order valence-electron chi connectivity index (χ4n) is 2.40. The van der Waals surface area contributed by atoms with Crippen molar-refractivity contribution in [3.8, 4) is 11.6 Å². The number of halogens is 1. The maximum absolute atomic E-state index is 13.7. The second-order valence-corrected chi connectivity index (χ2v) is 7.19. The Kier molecular flexibility index (Phi) is 6.09. The molecule has 0 aliphatic heterocycles. The maximum Gasteiger partial charge on any atom is 0.237 e. The predicted molar refractivity (Wildman–Crippen MR) is 102 cm³/mol. The number of hydrogen-bond donors (Lipinski definition) is 2. The van der Waals surface area contributed by atoms with E-state index in [-0.39, 0.29) is 24.6 Å². The van der Waals surface area contributed by atoms with E-state index in [1.165, 1.54) is 18.4 Å². The number of aromatic nitrogens is 3. The molecule has 28 heavy (non-hydrogen) atoms. The Morgan fingerprint density at radius 2 is 2.07 bits per heavy atom. The number of carbonyl (C=O) groups is 2. The summed E-state index contributed by atoms with van der Waals surface area (Å²) in [6.07, 6.45) is 1.58. The summed E-state index contributed by atoms with van der Waals surface area (Å²) in [6.45, 7) is 1.91. The molecule has 2 aromatic heterocycles. The molecule has 3 aromatic rings. The van der Waals surface area contributed by atoms with Crippen molar-refractivity contribution >= 4 is 29.3 Å². The molecule has 0 saturated carbocycles. The van der Waals surface area contributed by atoms with Gasteiger partial charge < -0.3 is 15.5 Å². The molecule has 2 amide bonds. The minimum absolute atomic E-state index is 0.0785. The van der Waals surface area contributed by atoms with Crippen molar-refractivity contribution in [3.63, 3.8) is 0 Å². The van der Waals surface area contributed by atoms with Gasteiger partial charge in [0.1, 0.15) is 5.82 Å². The number of para-hydroxylation sites is 1. The van der Waals surface area contributed by atoms with Crippen LogP contribution in [0.5, 0.6) is 0 Å². The molecule has 3 N–H and O–H groups in total. The van der Waals surface area contributed by atoms with Gasteiger partial charge in [0.15, 0.2) is 16.7 Å². The molecular formula is C18H18FN5O3S. The largest absolute Gasteiger partial charge is 0.461 e. The van der Waals surface area contributed by atoms with Gasteiger partial charge in [-0.3, -0.25) is 14.2 Å². The lowest BCUT2D eigenvalue weighted by Crippen LogP contribution is -2.23. The average molecular weight is 403 g/mol. The van der Waals surface area contributed by atoms with Gasteiger partial charge in [-0.15, -0.1) is 10.2 Å². The van der Waals surface area contributed by atoms with Gasteiger partial charge in [-0.1, -0.05) is 23.9 Å². The van der Waals surface area contributed by atoms with Crippen LogP contribution in [-0.4, -0.2) is 31.8 Å². The highest BCUT2D eigenvalue weighted by atomic mass is 32.2. The molecule has 0 aliphatic rings. The molecule has 146 valence electrons. The van der Waals surface area contributed by atoms with Gasteiger partial charge in [0.05, 0.1) is 17.2 Å². The third-order valence-corrected chi connectivity index (χ3v) is 4.90. The van der Waals surface area contributed by atoms with Crippen molar-refractivity contribution in [1.82, 2.24) is 14.8 Å². The molecule has 0 spiro atoms. The fourth-order valence-corrected chi connectivity index (χ4v) is 3.27. The minimum Gasteiger partial charge on any atom is -0.461 e. The Bertz CT molecular complexity index is 974. The molecule has 1 aromatic carbocycles. The third kappa shape index (κ3) is 4.58. The fraction of sp³-hybridized carbons (Fsp3) is 0.222. The number of anilines is 1. The number of amides is 2. The normalized spacial score (nSPS) is 11.9. The molecule has 0 radical (unpaired) electrons. The van der Waals surface area contributed by atoms with Gasteiger partial charge in [-0.25, -0.2) is 4.39 Å². The van der Waals surface area contributed by atoms with Gasteiger partial charge in [0.2, 0.25) is 11.8 Å². The van der Waals surface area contributed by atoms with Crippen LogP contribution >= 0.6 is 11.8 Å². The molecule has 3 rings (SSSR count). The standard InChI is InChI=1S/C18H18FN5O3S/c1-11(17(26)21-13-6-3-2-5-12(13)19)28-18-23-22-16(14-7-4-10-27-14)24(18)9-8-15(20)25/h2-7,10-11H,8-9H2,1H3,(H2,20,25)(H,21,26)/t11-/m1/s1. The molecule has 0 unspecified atom stereocenters. The zero-order valence-electron chi connectivity index (χ0n) is 15.0. The number of nitrogens with two attached hydrogens (primary N) is 1. The summed E-state index contributed by atoms with van der Waals surface area (Å²) in [4.78, 5) is 23.6. The van der Waals surface area contributed by atoms with E-state index in [0.717, 1.165) is 11.8 Å². The van der Waals surface area contributed by atoms with E-state index >= 15 is 0 Å². The number of primary amides is 1. The molecule has 8 nitrogen and oxygen atoms in total. The second-order valence-electron chi connectivity index (χ2n) is 5.88. The van der Waals surface area contributed by atoms with Crippen LogP contribution in [0.3, 0.4) is 0 Å². The van der Waals surface area contributed by atoms with Crippen LogP contribution in [0.1, 0.15) is 13.3 Å². The Balaban J connectivity index is 1.78. The van der Waals surface area contributed by atoms with E-state index in [0.29, 0.717) is 16.7 Å². The van der Waals surface area contributed by atoms with Crippen LogP contribution in [0.2, 0.25) is 0 Å². The van der Waals surface area contributed by atoms with E-state index in [1.807, 2.05) is 0 Å². The molecule has 2 heterocycles. The summed E-state index contributed by atoms with van der Waals surface area (Å²) in [6, 6.07) is 9.35. The first-order valence-electron chi connectivity index (χ1n) is 8.43. The van der Waals surface area contributed by atoms with Crippen molar-refractivity contribution in [1.29, 1.82) is 0 Å². The van der Waals surface area contributed by atoms with Crippen molar-refractivity contribution in [2.75, 3.05) is 5.32 Å². The highest BCUT2D eigenvalue weighted by molar-refractivity contribution is 8.00. The molecule has 10 heteroatoms. The summed E-state index contributed by atoms with van der Waals surface area (Å²) >= 11 is 1.13. The van der Waals surface area contributed by atoms with E-state index < -0.39 is 17.0 Å². The van der Waals surface area contributed by atoms with Gasteiger partial charge in [0.25, 0.3) is 0 Å². The summed E-state index contributed by atoms with van der Waals surface area (Å²) in [7, 11) is 0. The summed E-state index contributed by atoms with van der Waals surface area (Å²) in [5, 5.41) is 10.6. The Morgan fingerprint density at radius 3 is 2.75 bits per heavy atom. The lowest BCUT2D eigenvalue weighted by molar-refractivity contribution is -0.118. The first-order chi connectivity index (χ1) is 13.5. The first kappa shape index (κ1) is 19.6. The van der Waals surface area contributed by atoms with Crippen molar-refractivity contribution < 1.29 is 18.4 Å². The number of nitrogens with zero attached hydrogens (tertiary/aromatic N) is 3. The van der Waals surface area contributed by atoms with Crippen LogP contribution in [0.15, 0.2) is 52.2 Å².